The van der Waals surface area contributed by atoms with Gasteiger partial charge in [-0.2, -0.15) is 0 Å². The van der Waals surface area contributed by atoms with Crippen LogP contribution in [-0.2, 0) is 13.0 Å². The maximum atomic E-state index is 13.4. The first-order valence-corrected chi connectivity index (χ1v) is 9.05. The summed E-state index contributed by atoms with van der Waals surface area (Å²) in [6.45, 7) is 5.77. The molecule has 0 bridgehead atoms. The molecule has 0 atom stereocenters. The Bertz CT molecular complexity index is 778. The lowest BCUT2D eigenvalue weighted by Crippen LogP contribution is -2.38. The molecule has 6 heteroatoms. The van der Waals surface area contributed by atoms with Crippen molar-refractivity contribution < 1.29 is 13.9 Å². The second-order valence-electron chi connectivity index (χ2n) is 6.14. The van der Waals surface area contributed by atoms with Crippen LogP contribution in [0.2, 0.25) is 0 Å². The van der Waals surface area contributed by atoms with Crippen molar-refractivity contribution >= 4 is 5.96 Å². The van der Waals surface area contributed by atoms with Crippen LogP contribution in [0.4, 0.5) is 4.39 Å². The summed E-state index contributed by atoms with van der Waals surface area (Å²) in [5, 5.41) is 6.55. The van der Waals surface area contributed by atoms with Gasteiger partial charge in [0.15, 0.2) is 17.5 Å². The van der Waals surface area contributed by atoms with Gasteiger partial charge in [-0.25, -0.2) is 9.38 Å². The van der Waals surface area contributed by atoms with Gasteiger partial charge >= 0.3 is 0 Å². The second-order valence-corrected chi connectivity index (χ2v) is 6.14. The molecule has 0 aliphatic carbocycles. The lowest BCUT2D eigenvalue weighted by atomic mass is 10.1. The molecule has 0 aromatic heterocycles. The number of rotatable bonds is 8. The van der Waals surface area contributed by atoms with Gasteiger partial charge in [0.2, 0.25) is 0 Å². The highest BCUT2D eigenvalue weighted by Crippen LogP contribution is 2.27. The zero-order valence-corrected chi connectivity index (χ0v) is 16.4. The zero-order chi connectivity index (χ0) is 19.6. The van der Waals surface area contributed by atoms with E-state index in [2.05, 4.69) is 15.6 Å². The molecule has 0 heterocycles. The van der Waals surface area contributed by atoms with Crippen LogP contribution < -0.4 is 20.1 Å². The minimum absolute atomic E-state index is 0.192. The molecule has 0 saturated carbocycles. The summed E-state index contributed by atoms with van der Waals surface area (Å²) in [7, 11) is 3.26. The number of ether oxygens (including phenoxy) is 2. The molecule has 0 aliphatic heterocycles. The molecule has 0 saturated heterocycles. The van der Waals surface area contributed by atoms with Crippen molar-refractivity contribution in [3.63, 3.8) is 0 Å². The van der Waals surface area contributed by atoms with Crippen molar-refractivity contribution in [2.24, 2.45) is 4.99 Å². The Kier molecular flexibility index (Phi) is 7.92. The topological polar surface area (TPSA) is 54.9 Å². The van der Waals surface area contributed by atoms with Crippen molar-refractivity contribution in [3.8, 4) is 11.5 Å². The molecule has 2 N–H and O–H groups in total. The Labute approximate surface area is 160 Å². The Balaban J connectivity index is 1.94. The predicted octanol–water partition coefficient (Wildman–Crippen LogP) is 3.45. The third-order valence-electron chi connectivity index (χ3n) is 4.14. The number of aryl methyl sites for hydroxylation is 1. The largest absolute Gasteiger partial charge is 0.493 e. The number of aliphatic imine (C=N–C) groups is 1. The molecule has 27 heavy (non-hydrogen) atoms. The fraction of sp³-hybridized carbons (Fsp3) is 0.381. The van der Waals surface area contributed by atoms with Crippen LogP contribution in [0.5, 0.6) is 11.5 Å². The molecular weight excluding hydrogens is 345 g/mol. The van der Waals surface area contributed by atoms with Crippen molar-refractivity contribution in [3.05, 3.63) is 58.9 Å². The maximum absolute atomic E-state index is 13.4. The number of methoxy groups -OCH3 is 2. The van der Waals surface area contributed by atoms with Crippen molar-refractivity contribution in [2.75, 3.05) is 27.3 Å². The van der Waals surface area contributed by atoms with E-state index < -0.39 is 0 Å². The molecule has 0 fully saturated rings. The molecule has 0 radical (unpaired) electrons. The van der Waals surface area contributed by atoms with Crippen LogP contribution >= 0.6 is 0 Å². The zero-order valence-electron chi connectivity index (χ0n) is 16.4. The molecule has 5 nitrogen and oxygen atoms in total. The lowest BCUT2D eigenvalue weighted by molar-refractivity contribution is 0.354. The van der Waals surface area contributed by atoms with E-state index in [1.54, 1.807) is 27.2 Å². The van der Waals surface area contributed by atoms with Crippen LogP contribution in [0.3, 0.4) is 0 Å². The summed E-state index contributed by atoms with van der Waals surface area (Å²) in [5.74, 6) is 1.99. The molecule has 0 unspecified atom stereocenters. The summed E-state index contributed by atoms with van der Waals surface area (Å²) < 4.78 is 24.0. The van der Waals surface area contributed by atoms with Crippen LogP contribution in [-0.4, -0.2) is 33.3 Å². The van der Waals surface area contributed by atoms with Crippen molar-refractivity contribution in [2.45, 2.75) is 26.8 Å². The average Bonchev–Trinajstić information content (AvgIpc) is 2.68. The van der Waals surface area contributed by atoms with Gasteiger partial charge < -0.3 is 20.1 Å². The highest BCUT2D eigenvalue weighted by atomic mass is 19.1. The fourth-order valence-corrected chi connectivity index (χ4v) is 2.68. The van der Waals surface area contributed by atoms with Crippen LogP contribution in [0, 0.1) is 12.7 Å². The van der Waals surface area contributed by atoms with Crippen molar-refractivity contribution in [1.82, 2.24) is 10.6 Å². The molecule has 2 rings (SSSR count). The summed E-state index contributed by atoms with van der Waals surface area (Å²) in [6.07, 6.45) is 0.820. The standard InChI is InChI=1S/C21H28FN3O2/c1-5-23-21(25-14-17-6-8-18(22)15(2)12-17)24-11-10-16-7-9-19(26-3)20(13-16)27-4/h6-9,12-13H,5,10-11,14H2,1-4H3,(H2,23,24,25). The molecule has 2 aromatic rings. The first-order valence-electron chi connectivity index (χ1n) is 9.05. The summed E-state index contributed by atoms with van der Waals surface area (Å²) >= 11 is 0. The van der Waals surface area contributed by atoms with Gasteiger partial charge in [-0.1, -0.05) is 18.2 Å². The van der Waals surface area contributed by atoms with E-state index in [0.29, 0.717) is 12.1 Å². The van der Waals surface area contributed by atoms with Crippen LogP contribution in [0.15, 0.2) is 41.4 Å². The van der Waals surface area contributed by atoms with Gasteiger partial charge in [0.1, 0.15) is 5.82 Å². The summed E-state index contributed by atoms with van der Waals surface area (Å²) in [5.41, 5.74) is 2.75. The third kappa shape index (κ3) is 6.16. The smallest absolute Gasteiger partial charge is 0.191 e. The van der Waals surface area contributed by atoms with E-state index in [4.69, 9.17) is 9.47 Å². The molecule has 0 amide bonds. The first kappa shape index (κ1) is 20.6. The summed E-state index contributed by atoms with van der Waals surface area (Å²) in [6, 6.07) is 11.0. The van der Waals surface area contributed by atoms with E-state index >= 15 is 0 Å². The second kappa shape index (κ2) is 10.4. The highest BCUT2D eigenvalue weighted by Gasteiger charge is 2.05. The predicted molar refractivity (Wildman–Crippen MR) is 107 cm³/mol. The van der Waals surface area contributed by atoms with Gasteiger partial charge in [-0.05, 0) is 55.2 Å². The van der Waals surface area contributed by atoms with Crippen LogP contribution in [0.1, 0.15) is 23.6 Å². The van der Waals surface area contributed by atoms with E-state index in [1.165, 1.54) is 6.07 Å². The first-order chi connectivity index (χ1) is 13.1. The Morgan fingerprint density at radius 3 is 2.41 bits per heavy atom. The Morgan fingerprint density at radius 1 is 1.00 bits per heavy atom. The highest BCUT2D eigenvalue weighted by molar-refractivity contribution is 5.79. The minimum atomic E-state index is -0.192. The lowest BCUT2D eigenvalue weighted by Gasteiger charge is -2.13. The summed E-state index contributed by atoms with van der Waals surface area (Å²) in [4.78, 5) is 4.57. The third-order valence-corrected chi connectivity index (χ3v) is 4.14. The molecular formula is C21H28FN3O2. The van der Waals surface area contributed by atoms with Gasteiger partial charge in [0.05, 0.1) is 20.8 Å². The van der Waals surface area contributed by atoms with Gasteiger partial charge in [0.25, 0.3) is 0 Å². The monoisotopic (exact) mass is 373 g/mol. The van der Waals surface area contributed by atoms with Crippen LogP contribution in [0.25, 0.3) is 0 Å². The number of halogens is 1. The average molecular weight is 373 g/mol. The number of benzene rings is 2. The minimum Gasteiger partial charge on any atom is -0.493 e. The Hall–Kier alpha value is -2.76. The fourth-order valence-electron chi connectivity index (χ4n) is 2.68. The number of hydrogen-bond acceptors (Lipinski definition) is 3. The normalized spacial score (nSPS) is 11.2. The van der Waals surface area contributed by atoms with E-state index in [1.807, 2.05) is 31.2 Å². The van der Waals surface area contributed by atoms with Gasteiger partial charge in [-0.15, -0.1) is 0 Å². The number of hydrogen-bond donors (Lipinski definition) is 2. The number of nitrogens with one attached hydrogen (secondary N) is 2. The quantitative estimate of drug-likeness (QED) is 0.550. The SMILES string of the molecule is CCNC(=NCc1ccc(F)c(C)c1)NCCc1ccc(OC)c(OC)c1. The Morgan fingerprint density at radius 2 is 1.74 bits per heavy atom. The number of nitrogens with zero attached hydrogens (tertiary/aromatic N) is 1. The van der Waals surface area contributed by atoms with E-state index in [9.17, 15) is 4.39 Å². The molecule has 146 valence electrons. The van der Waals surface area contributed by atoms with Gasteiger partial charge in [0, 0.05) is 13.1 Å². The molecule has 0 aliphatic rings. The van der Waals surface area contributed by atoms with Gasteiger partial charge in [-0.3, -0.25) is 0 Å². The molecule has 0 spiro atoms. The van der Waals surface area contributed by atoms with E-state index in [-0.39, 0.29) is 5.82 Å². The molecule has 2 aromatic carbocycles. The maximum Gasteiger partial charge on any atom is 0.191 e. The number of guanidine groups is 1. The van der Waals surface area contributed by atoms with E-state index in [0.717, 1.165) is 48.1 Å². The van der Waals surface area contributed by atoms with Crippen molar-refractivity contribution in [1.29, 1.82) is 0 Å².